The molecule has 0 fully saturated rings. The van der Waals surface area contributed by atoms with Crippen molar-refractivity contribution in [2.75, 3.05) is 0 Å². The number of nitrogens with one attached hydrogen (secondary N) is 1. The van der Waals surface area contributed by atoms with E-state index < -0.39 is 0 Å². The molecule has 3 heterocycles. The molecule has 3 aromatic heterocycles. The molecule has 0 aliphatic carbocycles. The summed E-state index contributed by atoms with van der Waals surface area (Å²) in [6.07, 6.45) is 7.09. The molecule has 0 saturated carbocycles. The summed E-state index contributed by atoms with van der Waals surface area (Å²) in [5.74, 6) is -0.147. The summed E-state index contributed by atoms with van der Waals surface area (Å²) in [5.41, 5.74) is 4.33. The Bertz CT molecular complexity index is 1120. The predicted molar refractivity (Wildman–Crippen MR) is 107 cm³/mol. The number of hydrogen-bond donors (Lipinski definition) is 1. The van der Waals surface area contributed by atoms with Crippen LogP contribution in [0.2, 0.25) is 5.02 Å². The fourth-order valence-corrected chi connectivity index (χ4v) is 3.34. The number of carbonyl (C=O) groups excluding carboxylic acids is 1. The van der Waals surface area contributed by atoms with E-state index in [1.807, 2.05) is 54.1 Å². The van der Waals surface area contributed by atoms with Crippen LogP contribution in [0.3, 0.4) is 0 Å². The minimum Gasteiger partial charge on any atom is -0.347 e. The van der Waals surface area contributed by atoms with Crippen molar-refractivity contribution in [2.45, 2.75) is 6.54 Å². The second kappa shape index (κ2) is 7.21. The molecular weight excluding hydrogens is 360 g/mol. The highest BCUT2D eigenvalue weighted by Crippen LogP contribution is 2.29. The molecule has 4 aromatic rings. The van der Waals surface area contributed by atoms with E-state index in [2.05, 4.69) is 15.3 Å². The van der Waals surface area contributed by atoms with Crippen molar-refractivity contribution in [3.05, 3.63) is 83.5 Å². The van der Waals surface area contributed by atoms with Crippen LogP contribution in [0.1, 0.15) is 16.1 Å². The Hall–Kier alpha value is -3.18. The molecule has 0 atom stereocenters. The highest BCUT2D eigenvalue weighted by Gasteiger charge is 2.16. The van der Waals surface area contributed by atoms with Gasteiger partial charge in [0.2, 0.25) is 0 Å². The van der Waals surface area contributed by atoms with Gasteiger partial charge in [0.05, 0.1) is 11.7 Å². The van der Waals surface area contributed by atoms with Gasteiger partial charge in [-0.05, 0) is 29.8 Å². The standard InChI is InChI=1S/C21H17ClN4O/c1-26-19(21(27)25-10-14-4-2-6-16(22)8-14)9-17-18(12-24-13-20(17)26)15-5-3-7-23-11-15/h2-9,11-13H,10H2,1H3,(H,25,27). The van der Waals surface area contributed by atoms with Crippen LogP contribution >= 0.6 is 11.6 Å². The van der Waals surface area contributed by atoms with Gasteiger partial charge in [-0.2, -0.15) is 0 Å². The van der Waals surface area contributed by atoms with Crippen LogP contribution in [-0.2, 0) is 13.6 Å². The zero-order valence-corrected chi connectivity index (χ0v) is 15.4. The third-order valence-corrected chi connectivity index (χ3v) is 4.75. The number of pyridine rings is 2. The monoisotopic (exact) mass is 376 g/mol. The largest absolute Gasteiger partial charge is 0.347 e. The van der Waals surface area contributed by atoms with Gasteiger partial charge in [-0.25, -0.2) is 0 Å². The number of aryl methyl sites for hydroxylation is 1. The average molecular weight is 377 g/mol. The lowest BCUT2D eigenvalue weighted by atomic mass is 10.1. The fraction of sp³-hybridized carbons (Fsp3) is 0.0952. The van der Waals surface area contributed by atoms with Crippen LogP contribution in [-0.4, -0.2) is 20.4 Å². The number of amides is 1. The van der Waals surface area contributed by atoms with Crippen molar-refractivity contribution in [3.63, 3.8) is 0 Å². The normalized spacial score (nSPS) is 10.9. The van der Waals surface area contributed by atoms with Crippen molar-refractivity contribution in [3.8, 4) is 11.1 Å². The predicted octanol–water partition coefficient (Wildman–Crippen LogP) is 4.22. The SMILES string of the molecule is Cn1c(C(=O)NCc2cccc(Cl)c2)cc2c(-c3cccnc3)cncc21. The summed E-state index contributed by atoms with van der Waals surface area (Å²) in [5, 5.41) is 4.57. The Morgan fingerprint density at radius 1 is 1.11 bits per heavy atom. The second-order valence-electron chi connectivity index (χ2n) is 6.26. The van der Waals surface area contributed by atoms with Gasteiger partial charge in [0.1, 0.15) is 5.69 Å². The van der Waals surface area contributed by atoms with Crippen LogP contribution in [0.15, 0.2) is 67.3 Å². The number of aromatic nitrogens is 3. The second-order valence-corrected chi connectivity index (χ2v) is 6.70. The summed E-state index contributed by atoms with van der Waals surface area (Å²) in [7, 11) is 1.87. The van der Waals surface area contributed by atoms with Gasteiger partial charge >= 0.3 is 0 Å². The summed E-state index contributed by atoms with van der Waals surface area (Å²) in [4.78, 5) is 21.3. The summed E-state index contributed by atoms with van der Waals surface area (Å²) in [6, 6.07) is 13.2. The van der Waals surface area contributed by atoms with Crippen molar-refractivity contribution in [1.82, 2.24) is 19.9 Å². The van der Waals surface area contributed by atoms with Crippen molar-refractivity contribution in [2.24, 2.45) is 7.05 Å². The van der Waals surface area contributed by atoms with E-state index >= 15 is 0 Å². The molecule has 1 aromatic carbocycles. The first-order chi connectivity index (χ1) is 13.1. The van der Waals surface area contributed by atoms with E-state index in [1.165, 1.54) is 0 Å². The van der Waals surface area contributed by atoms with E-state index in [0.29, 0.717) is 17.3 Å². The number of carbonyl (C=O) groups is 1. The van der Waals surface area contributed by atoms with Crippen molar-refractivity contribution in [1.29, 1.82) is 0 Å². The van der Waals surface area contributed by atoms with Gasteiger partial charge in [-0.1, -0.05) is 29.8 Å². The maximum Gasteiger partial charge on any atom is 0.268 e. The first kappa shape index (κ1) is 17.2. The Labute approximate surface area is 161 Å². The molecule has 0 aliphatic heterocycles. The number of nitrogens with zero attached hydrogens (tertiary/aromatic N) is 3. The zero-order chi connectivity index (χ0) is 18.8. The molecule has 134 valence electrons. The lowest BCUT2D eigenvalue weighted by molar-refractivity contribution is 0.0943. The molecule has 6 heteroatoms. The Kier molecular flexibility index (Phi) is 4.60. The molecule has 0 spiro atoms. The molecule has 27 heavy (non-hydrogen) atoms. The maximum absolute atomic E-state index is 12.7. The van der Waals surface area contributed by atoms with Crippen molar-refractivity contribution < 1.29 is 4.79 Å². The Morgan fingerprint density at radius 2 is 2.00 bits per heavy atom. The van der Waals surface area contributed by atoms with Crippen LogP contribution in [0, 0.1) is 0 Å². The third kappa shape index (κ3) is 3.41. The van der Waals surface area contributed by atoms with Crippen LogP contribution in [0.4, 0.5) is 0 Å². The number of hydrogen-bond acceptors (Lipinski definition) is 3. The van der Waals surface area contributed by atoms with Crippen LogP contribution in [0.25, 0.3) is 22.0 Å². The van der Waals surface area contributed by atoms with Gasteiger partial charge in [0.25, 0.3) is 5.91 Å². The van der Waals surface area contributed by atoms with E-state index in [0.717, 1.165) is 27.6 Å². The van der Waals surface area contributed by atoms with Gasteiger partial charge in [-0.15, -0.1) is 0 Å². The summed E-state index contributed by atoms with van der Waals surface area (Å²) in [6.45, 7) is 0.411. The van der Waals surface area contributed by atoms with Crippen molar-refractivity contribution >= 4 is 28.4 Å². The number of rotatable bonds is 4. The summed E-state index contributed by atoms with van der Waals surface area (Å²) < 4.78 is 1.86. The topological polar surface area (TPSA) is 59.8 Å². The first-order valence-corrected chi connectivity index (χ1v) is 8.88. The van der Waals surface area contributed by atoms with Crippen LogP contribution < -0.4 is 5.32 Å². The highest BCUT2D eigenvalue weighted by molar-refractivity contribution is 6.30. The Morgan fingerprint density at radius 3 is 2.78 bits per heavy atom. The minimum absolute atomic E-state index is 0.147. The molecular formula is C21H17ClN4O. The molecule has 1 amide bonds. The molecule has 0 bridgehead atoms. The molecule has 0 saturated heterocycles. The molecule has 0 radical (unpaired) electrons. The van der Waals surface area contributed by atoms with E-state index in [1.54, 1.807) is 24.8 Å². The number of halogens is 1. The quantitative estimate of drug-likeness (QED) is 0.580. The Balaban J connectivity index is 1.66. The van der Waals surface area contributed by atoms with E-state index in [9.17, 15) is 4.79 Å². The van der Waals surface area contributed by atoms with Gasteiger partial charge < -0.3 is 9.88 Å². The molecule has 1 N–H and O–H groups in total. The average Bonchev–Trinajstić information content (AvgIpc) is 3.04. The lowest BCUT2D eigenvalue weighted by Crippen LogP contribution is -2.24. The zero-order valence-electron chi connectivity index (χ0n) is 14.7. The lowest BCUT2D eigenvalue weighted by Gasteiger charge is -2.07. The summed E-state index contributed by atoms with van der Waals surface area (Å²) >= 11 is 6.00. The molecule has 5 nitrogen and oxygen atoms in total. The highest BCUT2D eigenvalue weighted by atomic mass is 35.5. The number of fused-ring (bicyclic) bond motifs is 1. The minimum atomic E-state index is -0.147. The molecule has 0 aliphatic rings. The van der Waals surface area contributed by atoms with Gasteiger partial charge in [0.15, 0.2) is 0 Å². The number of benzene rings is 1. The molecule has 0 unspecified atom stereocenters. The maximum atomic E-state index is 12.7. The van der Waals surface area contributed by atoms with Crippen LogP contribution in [0.5, 0.6) is 0 Å². The molecule has 4 rings (SSSR count). The van der Waals surface area contributed by atoms with Gasteiger partial charge in [-0.3, -0.25) is 14.8 Å². The first-order valence-electron chi connectivity index (χ1n) is 8.50. The van der Waals surface area contributed by atoms with Gasteiger partial charge in [0, 0.05) is 53.7 Å². The fourth-order valence-electron chi connectivity index (χ4n) is 3.13. The van der Waals surface area contributed by atoms with E-state index in [-0.39, 0.29) is 5.91 Å². The van der Waals surface area contributed by atoms with E-state index in [4.69, 9.17) is 11.6 Å². The smallest absolute Gasteiger partial charge is 0.268 e. The third-order valence-electron chi connectivity index (χ3n) is 4.52.